The van der Waals surface area contributed by atoms with E-state index in [2.05, 4.69) is 83.2 Å². The lowest BCUT2D eigenvalue weighted by Gasteiger charge is -2.37. The number of aryl methyl sites for hydroxylation is 2. The highest BCUT2D eigenvalue weighted by molar-refractivity contribution is 6.01. The van der Waals surface area contributed by atoms with Crippen molar-refractivity contribution in [2.45, 2.75) is 26.3 Å². The number of aromatic nitrogens is 2. The molecule has 0 amide bonds. The molecule has 0 saturated carbocycles. The normalized spacial score (nSPS) is 16.4. The van der Waals surface area contributed by atoms with Crippen LogP contribution in [-0.2, 0) is 13.0 Å². The minimum Gasteiger partial charge on any atom is -0.497 e. The van der Waals surface area contributed by atoms with Crippen molar-refractivity contribution in [3.8, 4) is 5.75 Å². The molecule has 3 heterocycles. The largest absolute Gasteiger partial charge is 0.497 e. The second kappa shape index (κ2) is 8.97. The first kappa shape index (κ1) is 22.1. The summed E-state index contributed by atoms with van der Waals surface area (Å²) in [6.07, 6.45) is 6.18. The molecule has 0 unspecified atom stereocenters. The average molecular weight is 468 g/mol. The van der Waals surface area contributed by atoms with Crippen LogP contribution in [0.15, 0.2) is 67.0 Å². The number of nitrogens with zero attached hydrogens (tertiary/aromatic N) is 3. The average Bonchev–Trinajstić information content (AvgIpc) is 3.27. The van der Waals surface area contributed by atoms with Crippen LogP contribution in [0.1, 0.15) is 39.9 Å². The third-order valence-electron chi connectivity index (χ3n) is 7.43. The SMILES string of the molecule is COc1ccc2c(c1)CCC(c1ccccc1C)=C2c1ccn2cc(CN3CC(CF)C3)nc2c1. The van der Waals surface area contributed by atoms with E-state index in [0.29, 0.717) is 0 Å². The molecule has 178 valence electrons. The van der Waals surface area contributed by atoms with Crippen LogP contribution in [0.5, 0.6) is 5.75 Å². The summed E-state index contributed by atoms with van der Waals surface area (Å²) in [4.78, 5) is 7.18. The number of likely N-dealkylation sites (tertiary alicyclic amines) is 1. The standard InChI is InChI=1S/C30H30FN3O/c1-20-5-3-4-6-26(20)28-9-7-22-13-25(35-2)8-10-27(22)30(28)23-11-12-34-19-24(32-29(34)14-23)18-33-16-21(15-31)17-33/h3-6,8,10-14,19,21H,7,9,15-18H2,1-2H3. The van der Waals surface area contributed by atoms with Crippen LogP contribution >= 0.6 is 0 Å². The molecule has 4 nitrogen and oxygen atoms in total. The molecule has 1 fully saturated rings. The van der Waals surface area contributed by atoms with Crippen LogP contribution in [0.2, 0.25) is 0 Å². The molecule has 0 radical (unpaired) electrons. The van der Waals surface area contributed by atoms with E-state index in [1.807, 2.05) is 0 Å². The first-order valence-electron chi connectivity index (χ1n) is 12.4. The predicted molar refractivity (Wildman–Crippen MR) is 138 cm³/mol. The van der Waals surface area contributed by atoms with Gasteiger partial charge in [0.1, 0.15) is 11.4 Å². The monoisotopic (exact) mass is 467 g/mol. The van der Waals surface area contributed by atoms with Crippen molar-refractivity contribution in [1.82, 2.24) is 14.3 Å². The van der Waals surface area contributed by atoms with E-state index in [-0.39, 0.29) is 12.6 Å². The third kappa shape index (κ3) is 4.04. The fourth-order valence-corrected chi connectivity index (χ4v) is 5.60. The quantitative estimate of drug-likeness (QED) is 0.351. The van der Waals surface area contributed by atoms with Crippen LogP contribution in [0, 0.1) is 12.8 Å². The molecule has 6 rings (SSSR count). The van der Waals surface area contributed by atoms with Crippen molar-refractivity contribution in [3.05, 3.63) is 101 Å². The number of pyridine rings is 1. The molecule has 4 aromatic rings. The van der Waals surface area contributed by atoms with Crippen LogP contribution in [-0.4, -0.2) is 41.2 Å². The summed E-state index contributed by atoms with van der Waals surface area (Å²) in [7, 11) is 1.72. The number of methoxy groups -OCH3 is 1. The first-order chi connectivity index (χ1) is 17.1. The van der Waals surface area contributed by atoms with Crippen LogP contribution in [0.25, 0.3) is 16.8 Å². The fourth-order valence-electron chi connectivity index (χ4n) is 5.60. The molecule has 0 N–H and O–H groups in total. The molecule has 0 bridgehead atoms. The molecule has 2 aromatic carbocycles. The zero-order chi connectivity index (χ0) is 23.9. The van der Waals surface area contributed by atoms with Crippen molar-refractivity contribution in [2.75, 3.05) is 26.9 Å². The Balaban J connectivity index is 1.44. The summed E-state index contributed by atoms with van der Waals surface area (Å²) >= 11 is 0. The maximum absolute atomic E-state index is 12.8. The van der Waals surface area contributed by atoms with Crippen molar-refractivity contribution in [1.29, 1.82) is 0 Å². The lowest BCUT2D eigenvalue weighted by molar-refractivity contribution is 0.0727. The molecule has 1 aliphatic carbocycles. The second-order valence-corrected chi connectivity index (χ2v) is 9.82. The minimum absolute atomic E-state index is 0.190. The summed E-state index contributed by atoms with van der Waals surface area (Å²) in [5, 5.41) is 0. The number of ether oxygens (including phenoxy) is 1. The minimum atomic E-state index is -0.225. The van der Waals surface area contributed by atoms with Crippen LogP contribution in [0.4, 0.5) is 4.39 Å². The number of allylic oxidation sites excluding steroid dienone is 1. The Morgan fingerprint density at radius 1 is 1.03 bits per heavy atom. The first-order valence-corrected chi connectivity index (χ1v) is 12.4. The van der Waals surface area contributed by atoms with Gasteiger partial charge in [-0.3, -0.25) is 9.29 Å². The van der Waals surface area contributed by atoms with Crippen molar-refractivity contribution in [3.63, 3.8) is 0 Å². The molecule has 5 heteroatoms. The molecular formula is C30H30FN3O. The van der Waals surface area contributed by atoms with E-state index in [9.17, 15) is 4.39 Å². The Labute approximate surface area is 205 Å². The molecule has 0 spiro atoms. The molecular weight excluding hydrogens is 437 g/mol. The molecule has 1 saturated heterocycles. The van der Waals surface area contributed by atoms with Gasteiger partial charge in [0.15, 0.2) is 0 Å². The number of halogens is 1. The summed E-state index contributed by atoms with van der Waals surface area (Å²) in [5.74, 6) is 1.09. The number of benzene rings is 2. The van der Waals surface area contributed by atoms with Gasteiger partial charge >= 0.3 is 0 Å². The second-order valence-electron chi connectivity index (χ2n) is 9.82. The number of alkyl halides is 1. The lowest BCUT2D eigenvalue weighted by Crippen LogP contribution is -2.46. The van der Waals surface area contributed by atoms with E-state index in [1.54, 1.807) is 7.11 Å². The van der Waals surface area contributed by atoms with E-state index >= 15 is 0 Å². The van der Waals surface area contributed by atoms with Gasteiger partial charge in [0.2, 0.25) is 0 Å². The Morgan fingerprint density at radius 3 is 2.69 bits per heavy atom. The molecule has 0 atom stereocenters. The van der Waals surface area contributed by atoms with Gasteiger partial charge in [-0.05, 0) is 83.0 Å². The van der Waals surface area contributed by atoms with Gasteiger partial charge < -0.3 is 9.14 Å². The van der Waals surface area contributed by atoms with Gasteiger partial charge in [-0.2, -0.15) is 0 Å². The lowest BCUT2D eigenvalue weighted by atomic mass is 9.79. The van der Waals surface area contributed by atoms with Crippen LogP contribution < -0.4 is 4.74 Å². The Hall–Kier alpha value is -3.44. The number of fused-ring (bicyclic) bond motifs is 2. The molecule has 35 heavy (non-hydrogen) atoms. The number of imidazole rings is 1. The van der Waals surface area contributed by atoms with Crippen LogP contribution in [0.3, 0.4) is 0 Å². The Bertz CT molecular complexity index is 1430. The summed E-state index contributed by atoms with van der Waals surface area (Å²) < 4.78 is 20.4. The highest BCUT2D eigenvalue weighted by Crippen LogP contribution is 2.42. The van der Waals surface area contributed by atoms with Crippen molar-refractivity contribution in [2.24, 2.45) is 5.92 Å². The van der Waals surface area contributed by atoms with Crippen molar-refractivity contribution >= 4 is 16.8 Å². The van der Waals surface area contributed by atoms with Gasteiger partial charge in [-0.1, -0.05) is 30.3 Å². The third-order valence-corrected chi connectivity index (χ3v) is 7.43. The fraction of sp³-hybridized carbons (Fsp3) is 0.300. The van der Waals surface area contributed by atoms with Crippen molar-refractivity contribution < 1.29 is 9.13 Å². The maximum atomic E-state index is 12.8. The molecule has 2 aromatic heterocycles. The number of rotatable bonds is 6. The van der Waals surface area contributed by atoms with Gasteiger partial charge in [-0.15, -0.1) is 0 Å². The highest BCUT2D eigenvalue weighted by Gasteiger charge is 2.27. The Morgan fingerprint density at radius 2 is 1.89 bits per heavy atom. The number of hydrogen-bond donors (Lipinski definition) is 0. The molecule has 1 aliphatic heterocycles. The Kier molecular flexibility index (Phi) is 5.65. The van der Waals surface area contributed by atoms with E-state index in [4.69, 9.17) is 9.72 Å². The summed E-state index contributed by atoms with van der Waals surface area (Å²) in [6, 6.07) is 19.5. The van der Waals surface area contributed by atoms with Gasteiger partial charge in [0.05, 0.1) is 19.5 Å². The smallest absolute Gasteiger partial charge is 0.137 e. The zero-order valence-corrected chi connectivity index (χ0v) is 20.3. The van der Waals surface area contributed by atoms with Gasteiger partial charge in [0.25, 0.3) is 0 Å². The van der Waals surface area contributed by atoms with E-state index in [0.717, 1.165) is 49.6 Å². The van der Waals surface area contributed by atoms with E-state index in [1.165, 1.54) is 39.0 Å². The predicted octanol–water partition coefficient (Wildman–Crippen LogP) is 5.96. The molecule has 2 aliphatic rings. The zero-order valence-electron chi connectivity index (χ0n) is 20.3. The maximum Gasteiger partial charge on any atom is 0.137 e. The van der Waals surface area contributed by atoms with E-state index < -0.39 is 0 Å². The topological polar surface area (TPSA) is 29.8 Å². The van der Waals surface area contributed by atoms with Gasteiger partial charge in [0, 0.05) is 37.9 Å². The highest BCUT2D eigenvalue weighted by atomic mass is 19.1. The number of hydrogen-bond acceptors (Lipinski definition) is 3. The summed E-state index contributed by atoms with van der Waals surface area (Å²) in [6.45, 7) is 4.38. The van der Waals surface area contributed by atoms with Gasteiger partial charge in [-0.25, -0.2) is 4.98 Å². The summed E-state index contributed by atoms with van der Waals surface area (Å²) in [5.41, 5.74) is 11.0.